The Morgan fingerprint density at radius 2 is 1.58 bits per heavy atom. The van der Waals surface area contributed by atoms with Gasteiger partial charge in [0.2, 0.25) is 0 Å². The largest absolute Gasteiger partial charge is 0.353 e. The second kappa shape index (κ2) is 8.02. The first-order chi connectivity index (χ1) is 15.2. The molecule has 0 spiro atoms. The predicted octanol–water partition coefficient (Wildman–Crippen LogP) is 1.02. The minimum absolute atomic E-state index is 0.0914. The molecule has 156 valence electrons. The molecule has 0 unspecified atom stereocenters. The van der Waals surface area contributed by atoms with Crippen LogP contribution < -0.4 is 20.9 Å². The SMILES string of the molecule is O=c1ccc(N2CCN(c3cc(=O)n4ccccc4n3)CC2)nn1Cc1ccccn1. The van der Waals surface area contributed by atoms with Gasteiger partial charge in [-0.3, -0.25) is 19.0 Å². The Bertz CT molecular complexity index is 1330. The number of rotatable bonds is 4. The highest BCUT2D eigenvalue weighted by Gasteiger charge is 2.20. The van der Waals surface area contributed by atoms with Crippen molar-refractivity contribution in [1.29, 1.82) is 0 Å². The molecule has 4 aromatic rings. The third-order valence-corrected chi connectivity index (χ3v) is 5.38. The van der Waals surface area contributed by atoms with Crippen LogP contribution in [0.5, 0.6) is 0 Å². The van der Waals surface area contributed by atoms with E-state index >= 15 is 0 Å². The Kier molecular flexibility index (Phi) is 4.91. The van der Waals surface area contributed by atoms with E-state index in [1.54, 1.807) is 30.6 Å². The fraction of sp³-hybridized carbons (Fsp3) is 0.227. The minimum Gasteiger partial charge on any atom is -0.353 e. The molecule has 1 saturated heterocycles. The third kappa shape index (κ3) is 3.89. The van der Waals surface area contributed by atoms with E-state index in [1.807, 2.05) is 36.4 Å². The number of fused-ring (bicyclic) bond motifs is 1. The van der Waals surface area contributed by atoms with Crippen molar-refractivity contribution in [2.24, 2.45) is 0 Å². The molecule has 9 heteroatoms. The summed E-state index contributed by atoms with van der Waals surface area (Å²) >= 11 is 0. The van der Waals surface area contributed by atoms with Crippen molar-refractivity contribution in [1.82, 2.24) is 24.1 Å². The van der Waals surface area contributed by atoms with Gasteiger partial charge in [-0.25, -0.2) is 9.67 Å². The maximum absolute atomic E-state index is 12.4. The molecule has 0 bridgehead atoms. The first-order valence-electron chi connectivity index (χ1n) is 10.1. The molecule has 0 aromatic carbocycles. The molecule has 1 aliphatic heterocycles. The maximum Gasteiger partial charge on any atom is 0.267 e. The van der Waals surface area contributed by atoms with E-state index in [-0.39, 0.29) is 11.1 Å². The van der Waals surface area contributed by atoms with Gasteiger partial charge in [-0.15, -0.1) is 0 Å². The lowest BCUT2D eigenvalue weighted by Crippen LogP contribution is -2.47. The van der Waals surface area contributed by atoms with Crippen molar-refractivity contribution >= 4 is 17.3 Å². The number of hydrogen-bond donors (Lipinski definition) is 0. The highest BCUT2D eigenvalue weighted by molar-refractivity contribution is 5.50. The molecule has 4 aromatic heterocycles. The van der Waals surface area contributed by atoms with Gasteiger partial charge in [-0.2, -0.15) is 5.10 Å². The van der Waals surface area contributed by atoms with Crippen LogP contribution in [0, 0.1) is 0 Å². The summed E-state index contributed by atoms with van der Waals surface area (Å²) in [5.41, 5.74) is 1.17. The van der Waals surface area contributed by atoms with Gasteiger partial charge in [-0.1, -0.05) is 12.1 Å². The smallest absolute Gasteiger partial charge is 0.267 e. The number of anilines is 2. The van der Waals surface area contributed by atoms with Crippen LogP contribution in [0.4, 0.5) is 11.6 Å². The Balaban J connectivity index is 1.32. The van der Waals surface area contributed by atoms with E-state index < -0.39 is 0 Å². The Hall–Kier alpha value is -4.01. The van der Waals surface area contributed by atoms with Crippen LogP contribution in [0.25, 0.3) is 5.65 Å². The summed E-state index contributed by atoms with van der Waals surface area (Å²) in [6.45, 7) is 3.17. The summed E-state index contributed by atoms with van der Waals surface area (Å²) in [4.78, 5) is 37.8. The van der Waals surface area contributed by atoms with Gasteiger partial charge in [0.1, 0.15) is 17.3 Å². The van der Waals surface area contributed by atoms with Crippen LogP contribution in [0.3, 0.4) is 0 Å². The lowest BCUT2D eigenvalue weighted by atomic mass is 10.3. The molecule has 0 saturated carbocycles. The van der Waals surface area contributed by atoms with Gasteiger partial charge in [0.25, 0.3) is 11.1 Å². The van der Waals surface area contributed by atoms with Crippen molar-refractivity contribution in [3.05, 3.63) is 93.4 Å². The quantitative estimate of drug-likeness (QED) is 0.492. The zero-order valence-electron chi connectivity index (χ0n) is 16.8. The summed E-state index contributed by atoms with van der Waals surface area (Å²) in [6.07, 6.45) is 3.42. The number of nitrogens with zero attached hydrogens (tertiary/aromatic N) is 7. The second-order valence-electron chi connectivity index (χ2n) is 7.36. The molecular weight excluding hydrogens is 394 g/mol. The van der Waals surface area contributed by atoms with Crippen LogP contribution >= 0.6 is 0 Å². The molecule has 0 atom stereocenters. The molecule has 0 N–H and O–H groups in total. The highest BCUT2D eigenvalue weighted by Crippen LogP contribution is 2.16. The number of aromatic nitrogens is 5. The van der Waals surface area contributed by atoms with Crippen LogP contribution in [-0.4, -0.2) is 50.3 Å². The fourth-order valence-corrected chi connectivity index (χ4v) is 3.73. The summed E-state index contributed by atoms with van der Waals surface area (Å²) < 4.78 is 2.98. The van der Waals surface area contributed by atoms with Gasteiger partial charge < -0.3 is 9.80 Å². The number of hydrogen-bond acceptors (Lipinski definition) is 7. The zero-order chi connectivity index (χ0) is 21.2. The van der Waals surface area contributed by atoms with E-state index in [9.17, 15) is 9.59 Å². The average molecular weight is 415 g/mol. The van der Waals surface area contributed by atoms with Gasteiger partial charge in [0.05, 0.1) is 12.2 Å². The van der Waals surface area contributed by atoms with Crippen molar-refractivity contribution in [3.63, 3.8) is 0 Å². The van der Waals surface area contributed by atoms with E-state index in [0.717, 1.165) is 11.5 Å². The standard InChI is InChI=1S/C22H21N7O2/c30-21-8-7-19(25-29(21)16-17-5-1-3-9-23-17)26-11-13-27(14-12-26)20-15-22(31)28-10-4-2-6-18(28)24-20/h1-10,15H,11-14,16H2. The summed E-state index contributed by atoms with van der Waals surface area (Å²) in [6, 6.07) is 16.0. The summed E-state index contributed by atoms with van der Waals surface area (Å²) in [5.74, 6) is 1.44. The zero-order valence-corrected chi connectivity index (χ0v) is 16.8. The van der Waals surface area contributed by atoms with Crippen molar-refractivity contribution < 1.29 is 0 Å². The Morgan fingerprint density at radius 3 is 2.35 bits per heavy atom. The van der Waals surface area contributed by atoms with Crippen molar-refractivity contribution in [2.45, 2.75) is 6.54 Å². The van der Waals surface area contributed by atoms with Gasteiger partial charge in [0.15, 0.2) is 0 Å². The number of piperazine rings is 1. The Labute approximate surface area is 177 Å². The van der Waals surface area contributed by atoms with E-state index in [0.29, 0.717) is 44.2 Å². The third-order valence-electron chi connectivity index (χ3n) is 5.38. The molecule has 0 amide bonds. The molecule has 1 aliphatic rings. The molecule has 5 rings (SSSR count). The molecule has 5 heterocycles. The highest BCUT2D eigenvalue weighted by atomic mass is 16.1. The van der Waals surface area contributed by atoms with Gasteiger partial charge >= 0.3 is 0 Å². The monoisotopic (exact) mass is 415 g/mol. The van der Waals surface area contributed by atoms with Crippen LogP contribution in [-0.2, 0) is 6.54 Å². The molecule has 1 fully saturated rings. The van der Waals surface area contributed by atoms with E-state index in [1.165, 1.54) is 9.08 Å². The van der Waals surface area contributed by atoms with E-state index in [4.69, 9.17) is 0 Å². The number of pyridine rings is 2. The van der Waals surface area contributed by atoms with Gasteiger partial charge in [-0.05, 0) is 30.3 Å². The molecule has 9 nitrogen and oxygen atoms in total. The van der Waals surface area contributed by atoms with Crippen LogP contribution in [0.15, 0.2) is 76.6 Å². The average Bonchev–Trinajstić information content (AvgIpc) is 2.81. The van der Waals surface area contributed by atoms with Crippen LogP contribution in [0.2, 0.25) is 0 Å². The molecule has 31 heavy (non-hydrogen) atoms. The lowest BCUT2D eigenvalue weighted by molar-refractivity contribution is 0.594. The lowest BCUT2D eigenvalue weighted by Gasteiger charge is -2.36. The fourth-order valence-electron chi connectivity index (χ4n) is 3.73. The topological polar surface area (TPSA) is 88.6 Å². The maximum atomic E-state index is 12.4. The minimum atomic E-state index is -0.158. The first-order valence-corrected chi connectivity index (χ1v) is 10.1. The summed E-state index contributed by atoms with van der Waals surface area (Å²) in [5, 5.41) is 4.55. The summed E-state index contributed by atoms with van der Waals surface area (Å²) in [7, 11) is 0. The molecule has 0 aliphatic carbocycles. The van der Waals surface area contributed by atoms with Crippen LogP contribution in [0.1, 0.15) is 5.69 Å². The second-order valence-corrected chi connectivity index (χ2v) is 7.36. The van der Waals surface area contributed by atoms with Gasteiger partial charge in [0, 0.05) is 50.7 Å². The first kappa shape index (κ1) is 19.0. The van der Waals surface area contributed by atoms with Crippen molar-refractivity contribution in [2.75, 3.05) is 36.0 Å². The normalized spacial score (nSPS) is 14.2. The molecule has 0 radical (unpaired) electrons. The predicted molar refractivity (Wildman–Crippen MR) is 118 cm³/mol. The molecular formula is C22H21N7O2. The van der Waals surface area contributed by atoms with Crippen molar-refractivity contribution in [3.8, 4) is 0 Å². The van der Waals surface area contributed by atoms with E-state index in [2.05, 4.69) is 24.9 Å². The Morgan fingerprint density at radius 1 is 0.806 bits per heavy atom.